The first kappa shape index (κ1) is 7.08. The van der Waals surface area contributed by atoms with Gasteiger partial charge in [0.25, 0.3) is 0 Å². The fourth-order valence-electron chi connectivity index (χ4n) is 2.32. The molecule has 0 bridgehead atoms. The molecule has 0 fully saturated rings. The monoisotopic (exact) mass is 150 g/mol. The lowest BCUT2D eigenvalue weighted by atomic mass is 9.90. The minimum absolute atomic E-state index is 0.437. The van der Waals surface area contributed by atoms with E-state index in [1.807, 2.05) is 0 Å². The Kier molecular flexibility index (Phi) is 1.59. The molecule has 0 heterocycles. The number of carbonyl (C=O) groups excluding carboxylic acids is 1. The van der Waals surface area contributed by atoms with Gasteiger partial charge in [-0.15, -0.1) is 0 Å². The van der Waals surface area contributed by atoms with Crippen LogP contribution in [0.3, 0.4) is 0 Å². The molecule has 1 atom stereocenters. The fraction of sp³-hybridized carbons (Fsp3) is 0.700. The number of hydrogen-bond donors (Lipinski definition) is 0. The van der Waals surface area contributed by atoms with E-state index in [4.69, 9.17) is 0 Å². The van der Waals surface area contributed by atoms with Crippen molar-refractivity contribution < 1.29 is 4.79 Å². The predicted molar refractivity (Wildman–Crippen MR) is 44.3 cm³/mol. The van der Waals surface area contributed by atoms with Gasteiger partial charge in [-0.05, 0) is 37.2 Å². The van der Waals surface area contributed by atoms with Crippen LogP contribution in [0.15, 0.2) is 11.1 Å². The van der Waals surface area contributed by atoms with Gasteiger partial charge in [-0.25, -0.2) is 0 Å². The molecule has 1 unspecified atom stereocenters. The normalized spacial score (nSPS) is 31.0. The maximum absolute atomic E-state index is 11.4. The topological polar surface area (TPSA) is 17.1 Å². The summed E-state index contributed by atoms with van der Waals surface area (Å²) >= 11 is 0. The molecule has 0 N–H and O–H groups in total. The van der Waals surface area contributed by atoms with Crippen molar-refractivity contribution in [2.75, 3.05) is 0 Å². The van der Waals surface area contributed by atoms with Gasteiger partial charge in [-0.3, -0.25) is 4.79 Å². The van der Waals surface area contributed by atoms with Gasteiger partial charge in [0.05, 0.1) is 0 Å². The maximum Gasteiger partial charge on any atom is 0.159 e. The molecule has 0 aromatic rings. The van der Waals surface area contributed by atoms with E-state index in [9.17, 15) is 4.79 Å². The van der Waals surface area contributed by atoms with Crippen LogP contribution in [0.1, 0.15) is 39.0 Å². The quantitative estimate of drug-likeness (QED) is 0.518. The molecule has 0 saturated carbocycles. The van der Waals surface area contributed by atoms with Crippen molar-refractivity contribution >= 4 is 5.78 Å². The average molecular weight is 150 g/mol. The predicted octanol–water partition coefficient (Wildman–Crippen LogP) is 2.47. The van der Waals surface area contributed by atoms with Crippen molar-refractivity contribution in [3.05, 3.63) is 11.1 Å². The van der Waals surface area contributed by atoms with Crippen LogP contribution in [0, 0.1) is 5.92 Å². The highest BCUT2D eigenvalue weighted by molar-refractivity contribution is 5.99. The molecule has 0 aromatic heterocycles. The lowest BCUT2D eigenvalue weighted by molar-refractivity contribution is -0.115. The van der Waals surface area contributed by atoms with Gasteiger partial charge in [0.15, 0.2) is 5.78 Å². The molecule has 2 aliphatic carbocycles. The zero-order valence-corrected chi connectivity index (χ0v) is 7.02. The number of Topliss-reactive ketones (excluding diaryl/α,β-unsaturated/α-hetero) is 1. The highest BCUT2D eigenvalue weighted by Gasteiger charge is 2.29. The summed E-state index contributed by atoms with van der Waals surface area (Å²) < 4.78 is 0. The first-order valence-corrected chi connectivity index (χ1v) is 4.54. The summed E-state index contributed by atoms with van der Waals surface area (Å²) in [7, 11) is 0. The van der Waals surface area contributed by atoms with Crippen molar-refractivity contribution in [1.82, 2.24) is 0 Å². The van der Waals surface area contributed by atoms with Gasteiger partial charge in [0.2, 0.25) is 0 Å². The van der Waals surface area contributed by atoms with Crippen molar-refractivity contribution in [2.24, 2.45) is 5.92 Å². The second-order valence-corrected chi connectivity index (χ2v) is 3.74. The zero-order chi connectivity index (χ0) is 7.84. The summed E-state index contributed by atoms with van der Waals surface area (Å²) in [4.78, 5) is 11.4. The minimum atomic E-state index is 0.437. The SMILES string of the molecule is CC1CC(=O)C2=C1CCCC2. The molecule has 1 nitrogen and oxygen atoms in total. The van der Waals surface area contributed by atoms with E-state index in [2.05, 4.69) is 6.92 Å². The second-order valence-electron chi connectivity index (χ2n) is 3.74. The van der Waals surface area contributed by atoms with E-state index >= 15 is 0 Å². The fourth-order valence-corrected chi connectivity index (χ4v) is 2.32. The first-order chi connectivity index (χ1) is 5.29. The van der Waals surface area contributed by atoms with Gasteiger partial charge in [-0.2, -0.15) is 0 Å². The molecule has 0 amide bonds. The average Bonchev–Trinajstić information content (AvgIpc) is 2.30. The summed E-state index contributed by atoms with van der Waals surface area (Å²) in [5.41, 5.74) is 2.69. The van der Waals surface area contributed by atoms with E-state index < -0.39 is 0 Å². The summed E-state index contributed by atoms with van der Waals surface area (Å²) in [5.74, 6) is 1.00. The van der Waals surface area contributed by atoms with Gasteiger partial charge in [-0.1, -0.05) is 12.5 Å². The lowest BCUT2D eigenvalue weighted by Crippen LogP contribution is -2.00. The molecule has 2 rings (SSSR count). The molecule has 0 aromatic carbocycles. The van der Waals surface area contributed by atoms with Crippen molar-refractivity contribution in [3.8, 4) is 0 Å². The third kappa shape index (κ3) is 1.03. The van der Waals surface area contributed by atoms with Gasteiger partial charge in [0, 0.05) is 6.42 Å². The second kappa shape index (κ2) is 2.47. The van der Waals surface area contributed by atoms with E-state index in [-0.39, 0.29) is 0 Å². The summed E-state index contributed by atoms with van der Waals surface area (Å²) in [6, 6.07) is 0. The summed E-state index contributed by atoms with van der Waals surface area (Å²) in [5, 5.41) is 0. The van der Waals surface area contributed by atoms with Crippen LogP contribution in [-0.4, -0.2) is 5.78 Å². The molecule has 11 heavy (non-hydrogen) atoms. The Labute approximate surface area is 67.5 Å². The smallest absolute Gasteiger partial charge is 0.159 e. The Hall–Kier alpha value is -0.590. The molecular weight excluding hydrogens is 136 g/mol. The standard InChI is InChI=1S/C10H14O/c1-7-6-10(11)9-5-3-2-4-8(7)9/h7H,2-6H2,1H3. The third-order valence-electron chi connectivity index (χ3n) is 2.93. The molecule has 0 radical (unpaired) electrons. The van der Waals surface area contributed by atoms with Crippen LogP contribution in [0.4, 0.5) is 0 Å². The van der Waals surface area contributed by atoms with Gasteiger partial charge in [0.1, 0.15) is 0 Å². The Morgan fingerprint density at radius 2 is 2.00 bits per heavy atom. The van der Waals surface area contributed by atoms with E-state index in [1.54, 1.807) is 0 Å². The van der Waals surface area contributed by atoms with Gasteiger partial charge < -0.3 is 0 Å². The van der Waals surface area contributed by atoms with Crippen LogP contribution >= 0.6 is 0 Å². The number of carbonyl (C=O) groups is 1. The van der Waals surface area contributed by atoms with Crippen LogP contribution in [-0.2, 0) is 4.79 Å². The first-order valence-electron chi connectivity index (χ1n) is 4.54. The molecule has 2 aliphatic rings. The van der Waals surface area contributed by atoms with E-state index in [1.165, 1.54) is 30.4 Å². The molecule has 1 heteroatoms. The maximum atomic E-state index is 11.4. The van der Waals surface area contributed by atoms with Crippen LogP contribution in [0.2, 0.25) is 0 Å². The number of hydrogen-bond acceptors (Lipinski definition) is 1. The number of allylic oxidation sites excluding steroid dienone is 2. The molecule has 0 saturated heterocycles. The van der Waals surface area contributed by atoms with E-state index in [0.717, 1.165) is 12.8 Å². The lowest BCUT2D eigenvalue weighted by Gasteiger charge is -2.14. The van der Waals surface area contributed by atoms with Crippen molar-refractivity contribution in [3.63, 3.8) is 0 Å². The highest BCUT2D eigenvalue weighted by Crippen LogP contribution is 2.38. The molecular formula is C10H14O. The highest BCUT2D eigenvalue weighted by atomic mass is 16.1. The minimum Gasteiger partial charge on any atom is -0.295 e. The molecule has 60 valence electrons. The molecule has 0 aliphatic heterocycles. The largest absolute Gasteiger partial charge is 0.295 e. The van der Waals surface area contributed by atoms with Gasteiger partial charge >= 0.3 is 0 Å². The van der Waals surface area contributed by atoms with Crippen molar-refractivity contribution in [1.29, 1.82) is 0 Å². The summed E-state index contributed by atoms with van der Waals surface area (Å²) in [6.07, 6.45) is 5.60. The van der Waals surface area contributed by atoms with Crippen LogP contribution < -0.4 is 0 Å². The van der Waals surface area contributed by atoms with Crippen molar-refractivity contribution in [2.45, 2.75) is 39.0 Å². The Bertz CT molecular complexity index is 225. The zero-order valence-electron chi connectivity index (χ0n) is 7.02. The van der Waals surface area contributed by atoms with Crippen LogP contribution in [0.25, 0.3) is 0 Å². The number of rotatable bonds is 0. The summed E-state index contributed by atoms with van der Waals surface area (Å²) in [6.45, 7) is 2.19. The third-order valence-corrected chi connectivity index (χ3v) is 2.93. The van der Waals surface area contributed by atoms with E-state index in [0.29, 0.717) is 11.7 Å². The van der Waals surface area contributed by atoms with Crippen LogP contribution in [0.5, 0.6) is 0 Å². The Morgan fingerprint density at radius 1 is 1.27 bits per heavy atom. The Balaban J connectivity index is 2.32. The molecule has 0 spiro atoms. The Morgan fingerprint density at radius 3 is 2.73 bits per heavy atom. The number of ketones is 1.